The zero-order valence-electron chi connectivity index (χ0n) is 10.6. The molecule has 0 aliphatic carbocycles. The average molecular weight is 208 g/mol. The van der Waals surface area contributed by atoms with Crippen molar-refractivity contribution in [3.8, 4) is 6.07 Å². The number of nitriles is 1. The minimum Gasteiger partial charge on any atom is -0.303 e. The van der Waals surface area contributed by atoms with Gasteiger partial charge in [0.15, 0.2) is 0 Å². The van der Waals surface area contributed by atoms with Crippen LogP contribution in [0, 0.1) is 28.6 Å². The van der Waals surface area contributed by atoms with E-state index >= 15 is 0 Å². The first-order valence-electron chi connectivity index (χ1n) is 6.05. The van der Waals surface area contributed by atoms with Crippen molar-refractivity contribution in [1.29, 1.82) is 5.26 Å². The largest absolute Gasteiger partial charge is 0.303 e. The molecule has 1 fully saturated rings. The molecule has 1 aliphatic heterocycles. The predicted molar refractivity (Wildman–Crippen MR) is 63.4 cm³/mol. The number of hydrogen-bond acceptors (Lipinski definition) is 2. The van der Waals surface area contributed by atoms with E-state index in [0.29, 0.717) is 17.8 Å². The van der Waals surface area contributed by atoms with E-state index in [2.05, 4.69) is 38.7 Å². The van der Waals surface area contributed by atoms with Crippen molar-refractivity contribution in [3.63, 3.8) is 0 Å². The lowest BCUT2D eigenvalue weighted by Gasteiger charge is -2.43. The summed E-state index contributed by atoms with van der Waals surface area (Å²) >= 11 is 0. The fourth-order valence-electron chi connectivity index (χ4n) is 2.43. The summed E-state index contributed by atoms with van der Waals surface area (Å²) in [5.74, 6) is 1.28. The predicted octanol–water partition coefficient (Wildman–Crippen LogP) is 2.90. The first kappa shape index (κ1) is 12.5. The summed E-state index contributed by atoms with van der Waals surface area (Å²) in [5.41, 5.74) is 0.350. The molecule has 0 aromatic carbocycles. The Morgan fingerprint density at radius 3 is 2.67 bits per heavy atom. The Kier molecular flexibility index (Phi) is 4.16. The van der Waals surface area contributed by atoms with Gasteiger partial charge in [0.05, 0.1) is 6.07 Å². The highest BCUT2D eigenvalue weighted by Crippen LogP contribution is 2.37. The molecule has 2 heteroatoms. The molecule has 1 heterocycles. The molecule has 86 valence electrons. The van der Waals surface area contributed by atoms with Crippen molar-refractivity contribution in [2.24, 2.45) is 17.3 Å². The molecule has 0 aromatic rings. The molecular formula is C13H24N2. The normalized spacial score (nSPS) is 26.5. The lowest BCUT2D eigenvalue weighted by atomic mass is 9.72. The number of likely N-dealkylation sites (tertiary alicyclic amines) is 1. The van der Waals surface area contributed by atoms with E-state index in [9.17, 15) is 0 Å². The second-order valence-electron chi connectivity index (χ2n) is 5.95. The summed E-state index contributed by atoms with van der Waals surface area (Å²) in [7, 11) is 0. The van der Waals surface area contributed by atoms with Gasteiger partial charge in [-0.2, -0.15) is 5.26 Å². The molecule has 0 N–H and O–H groups in total. The first-order valence-corrected chi connectivity index (χ1v) is 6.05. The van der Waals surface area contributed by atoms with Gasteiger partial charge in [-0.1, -0.05) is 27.7 Å². The summed E-state index contributed by atoms with van der Waals surface area (Å²) in [6.07, 6.45) is 1.94. The summed E-state index contributed by atoms with van der Waals surface area (Å²) < 4.78 is 0. The van der Waals surface area contributed by atoms with E-state index in [-0.39, 0.29) is 0 Å². The lowest BCUT2D eigenvalue weighted by Crippen LogP contribution is -2.45. The standard InChI is InChI=1S/C13H24N2/c1-11(2)9-15-8-6-13(3,4)12(10-15)5-7-14/h11-12H,5-6,8-10H2,1-4H3. The molecular weight excluding hydrogens is 184 g/mol. The minimum atomic E-state index is 0.350. The quantitative estimate of drug-likeness (QED) is 0.713. The second-order valence-corrected chi connectivity index (χ2v) is 5.95. The van der Waals surface area contributed by atoms with Crippen molar-refractivity contribution in [3.05, 3.63) is 0 Å². The topological polar surface area (TPSA) is 27.0 Å². The van der Waals surface area contributed by atoms with E-state index in [4.69, 9.17) is 5.26 Å². The van der Waals surface area contributed by atoms with Gasteiger partial charge in [0.1, 0.15) is 0 Å². The number of hydrogen-bond donors (Lipinski definition) is 0. The Bertz CT molecular complexity index is 237. The van der Waals surface area contributed by atoms with Crippen LogP contribution in [0.1, 0.15) is 40.5 Å². The van der Waals surface area contributed by atoms with Crippen LogP contribution in [0.25, 0.3) is 0 Å². The highest BCUT2D eigenvalue weighted by atomic mass is 15.1. The molecule has 1 atom stereocenters. The molecule has 0 radical (unpaired) electrons. The fraction of sp³-hybridized carbons (Fsp3) is 0.923. The maximum Gasteiger partial charge on any atom is 0.0625 e. The van der Waals surface area contributed by atoms with Gasteiger partial charge in [0.25, 0.3) is 0 Å². The van der Waals surface area contributed by atoms with E-state index in [0.717, 1.165) is 12.5 Å². The SMILES string of the molecule is CC(C)CN1CCC(C)(C)C(CC#N)C1. The molecule has 0 amide bonds. The molecule has 0 spiro atoms. The molecule has 2 nitrogen and oxygen atoms in total. The van der Waals surface area contributed by atoms with Crippen molar-refractivity contribution >= 4 is 0 Å². The van der Waals surface area contributed by atoms with Gasteiger partial charge in [-0.25, -0.2) is 0 Å². The third kappa shape index (κ3) is 3.50. The summed E-state index contributed by atoms with van der Waals surface area (Å²) in [4.78, 5) is 2.53. The number of rotatable bonds is 3. The lowest BCUT2D eigenvalue weighted by molar-refractivity contribution is 0.0560. The van der Waals surface area contributed by atoms with Crippen LogP contribution in [0.5, 0.6) is 0 Å². The zero-order valence-corrected chi connectivity index (χ0v) is 10.6. The van der Waals surface area contributed by atoms with E-state index in [1.54, 1.807) is 0 Å². The molecule has 1 aliphatic rings. The van der Waals surface area contributed by atoms with Gasteiger partial charge in [-0.3, -0.25) is 0 Å². The smallest absolute Gasteiger partial charge is 0.0625 e. The van der Waals surface area contributed by atoms with Crippen LogP contribution in [-0.2, 0) is 0 Å². The zero-order chi connectivity index (χ0) is 11.5. The maximum atomic E-state index is 8.85. The highest BCUT2D eigenvalue weighted by Gasteiger charge is 2.35. The Hall–Kier alpha value is -0.550. The molecule has 15 heavy (non-hydrogen) atoms. The third-order valence-corrected chi connectivity index (χ3v) is 3.62. The Balaban J connectivity index is 2.55. The van der Waals surface area contributed by atoms with Crippen molar-refractivity contribution in [2.75, 3.05) is 19.6 Å². The number of nitrogens with zero attached hydrogens (tertiary/aromatic N) is 2. The Labute approximate surface area is 94.3 Å². The van der Waals surface area contributed by atoms with E-state index < -0.39 is 0 Å². The molecule has 0 bridgehead atoms. The van der Waals surface area contributed by atoms with Crippen molar-refractivity contribution in [2.45, 2.75) is 40.5 Å². The highest BCUT2D eigenvalue weighted by molar-refractivity contribution is 4.91. The monoisotopic (exact) mass is 208 g/mol. The Morgan fingerprint density at radius 2 is 2.13 bits per heavy atom. The first-order chi connectivity index (χ1) is 6.95. The Morgan fingerprint density at radius 1 is 1.47 bits per heavy atom. The molecule has 0 saturated carbocycles. The average Bonchev–Trinajstić information content (AvgIpc) is 2.11. The third-order valence-electron chi connectivity index (χ3n) is 3.62. The summed E-state index contributed by atoms with van der Waals surface area (Å²) in [5, 5.41) is 8.85. The van der Waals surface area contributed by atoms with Gasteiger partial charge >= 0.3 is 0 Å². The minimum absolute atomic E-state index is 0.350. The summed E-state index contributed by atoms with van der Waals surface area (Å²) in [6.45, 7) is 12.6. The fourth-order valence-corrected chi connectivity index (χ4v) is 2.43. The molecule has 1 saturated heterocycles. The van der Waals surface area contributed by atoms with Crippen LogP contribution < -0.4 is 0 Å². The maximum absolute atomic E-state index is 8.85. The van der Waals surface area contributed by atoms with E-state index in [1.165, 1.54) is 19.5 Å². The van der Waals surface area contributed by atoms with Crippen molar-refractivity contribution in [1.82, 2.24) is 4.90 Å². The van der Waals surface area contributed by atoms with E-state index in [1.807, 2.05) is 0 Å². The number of piperidine rings is 1. The van der Waals surface area contributed by atoms with Crippen LogP contribution in [-0.4, -0.2) is 24.5 Å². The van der Waals surface area contributed by atoms with Crippen LogP contribution in [0.4, 0.5) is 0 Å². The van der Waals surface area contributed by atoms with Gasteiger partial charge in [0.2, 0.25) is 0 Å². The molecule has 0 aromatic heterocycles. The molecule has 1 rings (SSSR count). The van der Waals surface area contributed by atoms with Gasteiger partial charge in [-0.15, -0.1) is 0 Å². The van der Waals surface area contributed by atoms with Crippen LogP contribution in [0.15, 0.2) is 0 Å². The van der Waals surface area contributed by atoms with Gasteiger partial charge < -0.3 is 4.90 Å². The van der Waals surface area contributed by atoms with Crippen LogP contribution >= 0.6 is 0 Å². The summed E-state index contributed by atoms with van der Waals surface area (Å²) in [6, 6.07) is 2.34. The van der Waals surface area contributed by atoms with Crippen LogP contribution in [0.3, 0.4) is 0 Å². The molecule has 1 unspecified atom stereocenters. The van der Waals surface area contributed by atoms with Gasteiger partial charge in [-0.05, 0) is 30.2 Å². The second kappa shape index (κ2) is 4.99. The van der Waals surface area contributed by atoms with Crippen molar-refractivity contribution < 1.29 is 0 Å². The van der Waals surface area contributed by atoms with Gasteiger partial charge in [0, 0.05) is 19.5 Å². The van der Waals surface area contributed by atoms with Crippen LogP contribution in [0.2, 0.25) is 0 Å².